The molecule has 4 nitrogen and oxygen atoms in total. The summed E-state index contributed by atoms with van der Waals surface area (Å²) in [6, 6.07) is 8.57. The first-order chi connectivity index (χ1) is 12.0. The second-order valence-electron chi connectivity index (χ2n) is 5.97. The molecule has 1 aliphatic carbocycles. The van der Waals surface area contributed by atoms with Crippen molar-refractivity contribution in [2.75, 3.05) is 7.11 Å². The second kappa shape index (κ2) is 7.44. The molecule has 0 atom stereocenters. The van der Waals surface area contributed by atoms with Gasteiger partial charge in [0.2, 0.25) is 0 Å². The van der Waals surface area contributed by atoms with E-state index in [0.717, 1.165) is 24.0 Å². The van der Waals surface area contributed by atoms with Gasteiger partial charge in [0.1, 0.15) is 23.9 Å². The van der Waals surface area contributed by atoms with Crippen molar-refractivity contribution in [1.82, 2.24) is 0 Å². The van der Waals surface area contributed by atoms with Gasteiger partial charge in [-0.05, 0) is 64.9 Å². The van der Waals surface area contributed by atoms with Crippen molar-refractivity contribution in [3.8, 4) is 11.5 Å². The van der Waals surface area contributed by atoms with Gasteiger partial charge in [-0.2, -0.15) is 0 Å². The number of ether oxygens (including phenoxy) is 3. The molecule has 3 rings (SSSR count). The van der Waals surface area contributed by atoms with Crippen LogP contribution in [0.15, 0.2) is 34.8 Å². The van der Waals surface area contributed by atoms with Gasteiger partial charge in [0.25, 0.3) is 0 Å². The predicted molar refractivity (Wildman–Crippen MR) is 94.6 cm³/mol. The van der Waals surface area contributed by atoms with Gasteiger partial charge in [-0.15, -0.1) is 0 Å². The van der Waals surface area contributed by atoms with Gasteiger partial charge in [0.05, 0.1) is 11.6 Å². The van der Waals surface area contributed by atoms with Crippen molar-refractivity contribution >= 4 is 22.1 Å². The van der Waals surface area contributed by atoms with E-state index in [2.05, 4.69) is 20.7 Å². The zero-order valence-corrected chi connectivity index (χ0v) is 15.6. The molecule has 0 radical (unpaired) electrons. The Morgan fingerprint density at radius 1 is 1.28 bits per heavy atom. The average molecular weight is 409 g/mol. The van der Waals surface area contributed by atoms with Crippen LogP contribution >= 0.6 is 15.9 Å². The van der Waals surface area contributed by atoms with Crippen LogP contribution in [0.4, 0.5) is 9.18 Å². The third-order valence-electron chi connectivity index (χ3n) is 4.13. The molecule has 0 unspecified atom stereocenters. The van der Waals surface area contributed by atoms with Gasteiger partial charge in [-0.25, -0.2) is 9.18 Å². The Bertz CT molecular complexity index is 802. The van der Waals surface area contributed by atoms with Crippen LogP contribution in [0, 0.1) is 12.7 Å². The van der Waals surface area contributed by atoms with Crippen LogP contribution in [0.1, 0.15) is 35.4 Å². The van der Waals surface area contributed by atoms with Gasteiger partial charge in [-0.1, -0.05) is 12.1 Å². The van der Waals surface area contributed by atoms with E-state index < -0.39 is 6.16 Å². The predicted octanol–water partition coefficient (Wildman–Crippen LogP) is 5.50. The fourth-order valence-electron chi connectivity index (χ4n) is 2.63. The summed E-state index contributed by atoms with van der Waals surface area (Å²) in [7, 11) is 1.26. The Hall–Kier alpha value is -2.08. The molecule has 6 heteroatoms. The third kappa shape index (κ3) is 4.12. The molecule has 2 aromatic carbocycles. The second-order valence-corrected chi connectivity index (χ2v) is 6.83. The minimum Gasteiger partial charge on any atom is -0.487 e. The number of benzene rings is 2. The molecule has 1 fully saturated rings. The van der Waals surface area contributed by atoms with Crippen LogP contribution < -0.4 is 9.47 Å². The van der Waals surface area contributed by atoms with Crippen molar-refractivity contribution in [2.45, 2.75) is 32.3 Å². The number of hydrogen-bond donors (Lipinski definition) is 0. The highest BCUT2D eigenvalue weighted by Crippen LogP contribution is 2.44. The molecule has 1 saturated carbocycles. The lowest BCUT2D eigenvalue weighted by Gasteiger charge is -2.16. The molecule has 2 aromatic rings. The number of carbonyl (C=O) groups excluding carboxylic acids is 1. The normalized spacial score (nSPS) is 13.4. The summed E-state index contributed by atoms with van der Waals surface area (Å²) in [6.45, 7) is 1.86. The minimum absolute atomic E-state index is 0.167. The van der Waals surface area contributed by atoms with Gasteiger partial charge in [0, 0.05) is 11.6 Å². The van der Waals surface area contributed by atoms with Crippen LogP contribution in [0.5, 0.6) is 11.5 Å². The summed E-state index contributed by atoms with van der Waals surface area (Å²) in [5, 5.41) is 0. The fourth-order valence-corrected chi connectivity index (χ4v) is 3.20. The van der Waals surface area contributed by atoms with E-state index in [1.54, 1.807) is 19.1 Å². The number of aryl methyl sites for hydroxylation is 1. The molecule has 0 aliphatic heterocycles. The molecule has 0 spiro atoms. The summed E-state index contributed by atoms with van der Waals surface area (Å²) in [5.41, 5.74) is 2.40. The number of methoxy groups -OCH3 is 1. The van der Waals surface area contributed by atoms with E-state index in [1.165, 1.54) is 13.2 Å². The van der Waals surface area contributed by atoms with E-state index in [0.29, 0.717) is 27.5 Å². The average Bonchev–Trinajstić information content (AvgIpc) is 3.42. The standard InChI is InChI=1S/C19H18BrFO4/c1-11-8-15(20)18(9-16(11)21)24-10-14-13(12-6-7-12)4-3-5-17(14)25-19(22)23-2/h3-5,8-9,12H,6-7,10H2,1-2H3. The summed E-state index contributed by atoms with van der Waals surface area (Å²) >= 11 is 3.39. The summed E-state index contributed by atoms with van der Waals surface area (Å²) < 4.78 is 30.1. The molecular weight excluding hydrogens is 391 g/mol. The van der Waals surface area contributed by atoms with Crippen molar-refractivity contribution in [1.29, 1.82) is 0 Å². The lowest BCUT2D eigenvalue weighted by Crippen LogP contribution is -2.11. The third-order valence-corrected chi connectivity index (χ3v) is 4.75. The molecule has 0 N–H and O–H groups in total. The highest BCUT2D eigenvalue weighted by molar-refractivity contribution is 9.10. The van der Waals surface area contributed by atoms with E-state index >= 15 is 0 Å². The van der Waals surface area contributed by atoms with Crippen LogP contribution in [-0.2, 0) is 11.3 Å². The monoisotopic (exact) mass is 408 g/mol. The minimum atomic E-state index is -0.781. The maximum absolute atomic E-state index is 13.8. The largest absolute Gasteiger partial charge is 0.513 e. The van der Waals surface area contributed by atoms with E-state index in [9.17, 15) is 9.18 Å². The molecular formula is C19H18BrFO4. The number of rotatable bonds is 5. The van der Waals surface area contributed by atoms with Crippen LogP contribution in [0.2, 0.25) is 0 Å². The SMILES string of the molecule is COC(=O)Oc1cccc(C2CC2)c1COc1cc(F)c(C)cc1Br. The fraction of sp³-hybridized carbons (Fsp3) is 0.316. The quantitative estimate of drug-likeness (QED) is 0.483. The Kier molecular flexibility index (Phi) is 5.27. The Morgan fingerprint density at radius 3 is 2.72 bits per heavy atom. The van der Waals surface area contributed by atoms with Gasteiger partial charge >= 0.3 is 6.16 Å². The zero-order chi connectivity index (χ0) is 18.0. The Morgan fingerprint density at radius 2 is 2.04 bits per heavy atom. The number of halogens is 2. The number of carbonyl (C=O) groups is 1. The molecule has 132 valence electrons. The Labute approximate surface area is 154 Å². The van der Waals surface area contributed by atoms with Crippen molar-refractivity contribution in [3.05, 3.63) is 57.3 Å². The smallest absolute Gasteiger partial charge is 0.487 e. The Balaban J connectivity index is 1.88. The van der Waals surface area contributed by atoms with E-state index in [-0.39, 0.29) is 12.4 Å². The van der Waals surface area contributed by atoms with Crippen LogP contribution in [0.3, 0.4) is 0 Å². The summed E-state index contributed by atoms with van der Waals surface area (Å²) in [4.78, 5) is 11.5. The lowest BCUT2D eigenvalue weighted by atomic mass is 10.0. The van der Waals surface area contributed by atoms with Gasteiger partial charge < -0.3 is 14.2 Å². The molecule has 0 bridgehead atoms. The van der Waals surface area contributed by atoms with Crippen molar-refractivity contribution < 1.29 is 23.4 Å². The first kappa shape index (κ1) is 17.7. The van der Waals surface area contributed by atoms with Crippen LogP contribution in [-0.4, -0.2) is 13.3 Å². The number of hydrogen-bond acceptors (Lipinski definition) is 4. The molecule has 0 aromatic heterocycles. The molecule has 0 heterocycles. The first-order valence-electron chi connectivity index (χ1n) is 7.95. The topological polar surface area (TPSA) is 44.8 Å². The van der Waals surface area contributed by atoms with Gasteiger partial charge in [-0.3, -0.25) is 0 Å². The van der Waals surface area contributed by atoms with Crippen molar-refractivity contribution in [2.24, 2.45) is 0 Å². The maximum Gasteiger partial charge on any atom is 0.513 e. The molecule has 0 saturated heterocycles. The first-order valence-corrected chi connectivity index (χ1v) is 8.75. The lowest BCUT2D eigenvalue weighted by molar-refractivity contribution is 0.120. The van der Waals surface area contributed by atoms with E-state index in [1.807, 2.05) is 12.1 Å². The molecule has 1 aliphatic rings. The summed E-state index contributed by atoms with van der Waals surface area (Å²) in [5.74, 6) is 0.912. The van der Waals surface area contributed by atoms with Gasteiger partial charge in [0.15, 0.2) is 0 Å². The molecule has 25 heavy (non-hydrogen) atoms. The van der Waals surface area contributed by atoms with Crippen LogP contribution in [0.25, 0.3) is 0 Å². The summed E-state index contributed by atoms with van der Waals surface area (Å²) in [6.07, 6.45) is 1.41. The highest BCUT2D eigenvalue weighted by Gasteiger charge is 2.28. The highest BCUT2D eigenvalue weighted by atomic mass is 79.9. The zero-order valence-electron chi connectivity index (χ0n) is 14.0. The maximum atomic E-state index is 13.8. The van der Waals surface area contributed by atoms with Crippen molar-refractivity contribution in [3.63, 3.8) is 0 Å². The molecule has 0 amide bonds. The van der Waals surface area contributed by atoms with E-state index in [4.69, 9.17) is 9.47 Å².